The summed E-state index contributed by atoms with van der Waals surface area (Å²) in [5.74, 6) is -0.00434. The van der Waals surface area contributed by atoms with Crippen LogP contribution in [0.15, 0.2) is 0 Å². The number of aliphatic hydroxyl groups excluding tert-OH is 2. The molecule has 2 aliphatic rings. The molecule has 2 fully saturated rings. The molecular formula is C17H30O6. The number of carbonyl (C=O) groups excluding carboxylic acids is 1. The zero-order valence-electron chi connectivity index (χ0n) is 14.6. The largest absolute Gasteiger partial charge is 0.390 e. The summed E-state index contributed by atoms with van der Waals surface area (Å²) in [5.41, 5.74) is -1.26. The van der Waals surface area contributed by atoms with Crippen LogP contribution in [0.1, 0.15) is 47.0 Å². The van der Waals surface area contributed by atoms with E-state index in [0.717, 1.165) is 12.8 Å². The number of unbranched alkanes of at least 4 members (excludes halogenated alkanes) is 1. The Morgan fingerprint density at radius 1 is 1.30 bits per heavy atom. The number of hydrogen-bond donors (Lipinski definition) is 2. The minimum absolute atomic E-state index is 0.182. The van der Waals surface area contributed by atoms with E-state index in [4.69, 9.17) is 14.2 Å². The third kappa shape index (κ3) is 4.12. The lowest BCUT2D eigenvalue weighted by Crippen LogP contribution is -2.60. The fourth-order valence-electron chi connectivity index (χ4n) is 2.97. The monoisotopic (exact) mass is 330 g/mol. The number of ether oxygens (including phenoxy) is 3. The van der Waals surface area contributed by atoms with Crippen LogP contribution in [0.4, 0.5) is 0 Å². The van der Waals surface area contributed by atoms with E-state index in [2.05, 4.69) is 0 Å². The highest BCUT2D eigenvalue weighted by atomic mass is 16.7. The first-order valence-corrected chi connectivity index (χ1v) is 8.44. The number of carbonyl (C=O) groups is 1. The molecule has 0 aromatic rings. The number of aliphatic hydroxyl groups is 2. The lowest BCUT2D eigenvalue weighted by molar-refractivity contribution is -0.248. The van der Waals surface area contributed by atoms with Crippen molar-refractivity contribution in [2.24, 2.45) is 11.3 Å². The predicted molar refractivity (Wildman–Crippen MR) is 83.9 cm³/mol. The lowest BCUT2D eigenvalue weighted by Gasteiger charge is -2.41. The van der Waals surface area contributed by atoms with E-state index in [1.54, 1.807) is 6.92 Å². The van der Waals surface area contributed by atoms with E-state index < -0.39 is 24.1 Å². The van der Waals surface area contributed by atoms with Crippen LogP contribution in [0, 0.1) is 11.3 Å². The number of Topliss-reactive ketones (excluding diaryl/α,β-unsaturated/α-hetero) is 1. The fraction of sp³-hybridized carbons (Fsp3) is 0.941. The van der Waals surface area contributed by atoms with Crippen molar-refractivity contribution >= 4 is 5.78 Å². The van der Waals surface area contributed by atoms with Crippen LogP contribution in [0.25, 0.3) is 0 Å². The first-order chi connectivity index (χ1) is 10.7. The molecule has 0 aromatic heterocycles. The Labute approximate surface area is 138 Å². The summed E-state index contributed by atoms with van der Waals surface area (Å²) in [5, 5.41) is 20.3. The van der Waals surface area contributed by atoms with Gasteiger partial charge in [0.25, 0.3) is 0 Å². The maximum Gasteiger partial charge on any atom is 0.163 e. The van der Waals surface area contributed by atoms with Gasteiger partial charge < -0.3 is 24.4 Å². The van der Waals surface area contributed by atoms with Crippen LogP contribution in [0.5, 0.6) is 0 Å². The molecule has 0 unspecified atom stereocenters. The van der Waals surface area contributed by atoms with Crippen molar-refractivity contribution in [3.8, 4) is 0 Å². The third-order valence-corrected chi connectivity index (χ3v) is 4.80. The minimum atomic E-state index is -1.02. The average Bonchev–Trinajstić information content (AvgIpc) is 2.89. The molecule has 0 aromatic carbocycles. The molecule has 6 nitrogen and oxygen atoms in total. The lowest BCUT2D eigenvalue weighted by atomic mass is 9.86. The van der Waals surface area contributed by atoms with Gasteiger partial charge in [0.2, 0.25) is 0 Å². The SMILES string of the molecule is C[C@H]1[C@H]2OC[C@](COCCCCC(=O)C(C)(C)C)(O2)[C@H](O)[C@@H]1O. The summed E-state index contributed by atoms with van der Waals surface area (Å²) in [4.78, 5) is 11.8. The normalized spacial score (nSPS) is 37.1. The molecule has 2 bridgehead atoms. The molecule has 0 amide bonds. The summed E-state index contributed by atoms with van der Waals surface area (Å²) in [6.07, 6.45) is -0.259. The second-order valence-corrected chi connectivity index (χ2v) is 7.84. The first kappa shape index (κ1) is 18.8. The van der Waals surface area contributed by atoms with Gasteiger partial charge in [0.15, 0.2) is 6.29 Å². The number of hydrogen-bond acceptors (Lipinski definition) is 6. The molecule has 0 spiro atoms. The van der Waals surface area contributed by atoms with Gasteiger partial charge in [-0.05, 0) is 12.8 Å². The van der Waals surface area contributed by atoms with Crippen molar-refractivity contribution in [2.75, 3.05) is 19.8 Å². The van der Waals surface area contributed by atoms with E-state index in [-0.39, 0.29) is 30.3 Å². The summed E-state index contributed by atoms with van der Waals surface area (Å²) in [6, 6.07) is 0. The topological polar surface area (TPSA) is 85.2 Å². The highest BCUT2D eigenvalue weighted by molar-refractivity contribution is 5.83. The van der Waals surface area contributed by atoms with Crippen molar-refractivity contribution in [3.63, 3.8) is 0 Å². The summed E-state index contributed by atoms with van der Waals surface area (Å²) < 4.78 is 16.9. The number of rotatable bonds is 7. The molecule has 23 heavy (non-hydrogen) atoms. The summed E-state index contributed by atoms with van der Waals surface area (Å²) >= 11 is 0. The Balaban J connectivity index is 1.70. The highest BCUT2D eigenvalue weighted by Gasteiger charge is 2.57. The molecule has 0 radical (unpaired) electrons. The maximum atomic E-state index is 11.8. The first-order valence-electron chi connectivity index (χ1n) is 8.44. The number of fused-ring (bicyclic) bond motifs is 2. The molecule has 0 aliphatic carbocycles. The van der Waals surface area contributed by atoms with E-state index in [9.17, 15) is 15.0 Å². The van der Waals surface area contributed by atoms with Crippen LogP contribution in [0.3, 0.4) is 0 Å². The zero-order valence-corrected chi connectivity index (χ0v) is 14.6. The van der Waals surface area contributed by atoms with Crippen LogP contribution >= 0.6 is 0 Å². The predicted octanol–water partition coefficient (Wildman–Crippen LogP) is 1.27. The van der Waals surface area contributed by atoms with Gasteiger partial charge in [0, 0.05) is 24.4 Å². The van der Waals surface area contributed by atoms with Gasteiger partial charge in [0.05, 0.1) is 19.3 Å². The molecule has 2 N–H and O–H groups in total. The van der Waals surface area contributed by atoms with Gasteiger partial charge in [-0.25, -0.2) is 0 Å². The quantitative estimate of drug-likeness (QED) is 0.684. The Morgan fingerprint density at radius 2 is 2.00 bits per heavy atom. The van der Waals surface area contributed by atoms with Crippen molar-refractivity contribution in [3.05, 3.63) is 0 Å². The third-order valence-electron chi connectivity index (χ3n) is 4.80. The molecule has 2 saturated heterocycles. The summed E-state index contributed by atoms with van der Waals surface area (Å²) in [7, 11) is 0. The van der Waals surface area contributed by atoms with Gasteiger partial charge >= 0.3 is 0 Å². The minimum Gasteiger partial charge on any atom is -0.390 e. The molecule has 2 heterocycles. The van der Waals surface area contributed by atoms with Crippen molar-refractivity contribution in [1.29, 1.82) is 0 Å². The van der Waals surface area contributed by atoms with Gasteiger partial charge in [-0.1, -0.05) is 27.7 Å². The second-order valence-electron chi connectivity index (χ2n) is 7.84. The van der Waals surface area contributed by atoms with Crippen molar-refractivity contribution < 1.29 is 29.2 Å². The van der Waals surface area contributed by atoms with Crippen LogP contribution in [0.2, 0.25) is 0 Å². The molecule has 6 heteroatoms. The van der Waals surface area contributed by atoms with E-state index in [1.807, 2.05) is 20.8 Å². The Kier molecular flexibility index (Phi) is 5.85. The van der Waals surface area contributed by atoms with Crippen LogP contribution < -0.4 is 0 Å². The van der Waals surface area contributed by atoms with Gasteiger partial charge in [-0.3, -0.25) is 4.79 Å². The second kappa shape index (κ2) is 7.15. The molecule has 2 rings (SSSR count). The van der Waals surface area contributed by atoms with E-state index in [1.165, 1.54) is 0 Å². The Morgan fingerprint density at radius 3 is 2.65 bits per heavy atom. The number of ketones is 1. The van der Waals surface area contributed by atoms with E-state index in [0.29, 0.717) is 13.0 Å². The fourth-order valence-corrected chi connectivity index (χ4v) is 2.97. The van der Waals surface area contributed by atoms with Gasteiger partial charge in [-0.2, -0.15) is 0 Å². The molecule has 2 aliphatic heterocycles. The average molecular weight is 330 g/mol. The van der Waals surface area contributed by atoms with Gasteiger partial charge in [-0.15, -0.1) is 0 Å². The molecule has 134 valence electrons. The van der Waals surface area contributed by atoms with E-state index >= 15 is 0 Å². The van der Waals surface area contributed by atoms with Crippen molar-refractivity contribution in [1.82, 2.24) is 0 Å². The maximum absolute atomic E-state index is 11.8. The van der Waals surface area contributed by atoms with Crippen molar-refractivity contribution in [2.45, 2.75) is 71.1 Å². The zero-order chi connectivity index (χ0) is 17.3. The van der Waals surface area contributed by atoms with Gasteiger partial charge in [0.1, 0.15) is 17.5 Å². The van der Waals surface area contributed by atoms with Crippen LogP contribution in [-0.2, 0) is 19.0 Å². The Bertz CT molecular complexity index is 418. The summed E-state index contributed by atoms with van der Waals surface area (Å²) in [6.45, 7) is 8.47. The molecular weight excluding hydrogens is 300 g/mol. The Hall–Kier alpha value is -0.530. The van der Waals surface area contributed by atoms with Crippen LogP contribution in [-0.4, -0.2) is 59.9 Å². The smallest absolute Gasteiger partial charge is 0.163 e. The molecule has 5 atom stereocenters. The standard InChI is InChI=1S/C17H30O6/c1-11-13(19)14(20)17(10-22-15(11)23-17)9-21-8-6-5-7-12(18)16(2,3)4/h11,13-15,19-20H,5-10H2,1-4H3/t11-,13-,14-,15+,17+/m1/s1. The highest BCUT2D eigenvalue weighted by Crippen LogP contribution is 2.39. The molecule has 0 saturated carbocycles.